The topological polar surface area (TPSA) is 134 Å². The number of carbonyl (C=O) groups excluding carboxylic acids is 3. The standard InChI is InChI=1S/C40H47FN8O5/c1-25(2)54-34-21-36-42-13-15-47(36)24-30(34)39(52)49(32-4-3-14-48(40(32)53)33-20-31(33)41)28-8-5-26(6-9-28)23-45-16-18-46(19-17-45)35-11-7-27(22-43-35)29-10-12-37(50)44-38(29)51/h3-4,7,11,13-15,21-22,24-26,28-29,31,33H,5-6,8-10,12,16-20,23H2,1-2H3,(H,44,50,51)/t26?,28?,29?,31-,33+/m1/s1. The SMILES string of the molecule is CC(C)Oc1cc2nccn2cc1C(=O)N(c1cccn([C@H]2C[C@H]2F)c1=O)C1CCC(CN2CCN(c3ccc(C4CCC(=O)NC4=O)cn3)CC2)CC1. The fourth-order valence-electron chi connectivity index (χ4n) is 8.35. The predicted octanol–water partition coefficient (Wildman–Crippen LogP) is 4.51. The number of piperazine rings is 1. The number of ether oxygens (including phenoxy) is 1. The molecule has 4 fully saturated rings. The number of carbonyl (C=O) groups is 3. The van der Waals surface area contributed by atoms with E-state index in [1.807, 2.05) is 26.0 Å². The van der Waals surface area contributed by atoms with Crippen molar-refractivity contribution >= 4 is 34.9 Å². The van der Waals surface area contributed by atoms with Crippen molar-refractivity contribution in [3.63, 3.8) is 0 Å². The molecule has 3 amide bonds. The lowest BCUT2D eigenvalue weighted by Gasteiger charge is -2.40. The summed E-state index contributed by atoms with van der Waals surface area (Å²) in [6.45, 7) is 8.24. The van der Waals surface area contributed by atoms with Crippen molar-refractivity contribution in [2.24, 2.45) is 5.92 Å². The van der Waals surface area contributed by atoms with E-state index in [4.69, 9.17) is 4.74 Å². The van der Waals surface area contributed by atoms with Gasteiger partial charge in [-0.25, -0.2) is 14.4 Å². The second kappa shape index (κ2) is 15.0. The average Bonchev–Trinajstić information content (AvgIpc) is 3.71. The number of imidazole rings is 1. The molecule has 284 valence electrons. The summed E-state index contributed by atoms with van der Waals surface area (Å²) in [5.41, 5.74) is 1.74. The lowest BCUT2D eigenvalue weighted by atomic mass is 9.84. The molecule has 4 aliphatic rings. The van der Waals surface area contributed by atoms with Crippen molar-refractivity contribution in [1.29, 1.82) is 0 Å². The molecule has 0 bridgehead atoms. The lowest BCUT2D eigenvalue weighted by Crippen LogP contribution is -2.49. The van der Waals surface area contributed by atoms with Crippen molar-refractivity contribution in [1.82, 2.24) is 29.2 Å². The monoisotopic (exact) mass is 738 g/mol. The molecule has 0 radical (unpaired) electrons. The van der Waals surface area contributed by atoms with Crippen LogP contribution in [0.25, 0.3) is 5.65 Å². The summed E-state index contributed by atoms with van der Waals surface area (Å²) in [5, 5.41) is 2.42. The number of hydrogen-bond donors (Lipinski definition) is 1. The zero-order valence-electron chi connectivity index (χ0n) is 30.8. The minimum Gasteiger partial charge on any atom is -0.490 e. The summed E-state index contributed by atoms with van der Waals surface area (Å²) in [4.78, 5) is 68.0. The molecule has 13 nitrogen and oxygen atoms in total. The second-order valence-electron chi connectivity index (χ2n) is 15.4. The number of rotatable bonds is 10. The van der Waals surface area contributed by atoms with Crippen molar-refractivity contribution < 1.29 is 23.5 Å². The van der Waals surface area contributed by atoms with Gasteiger partial charge in [-0.3, -0.25) is 29.4 Å². The Kier molecular flexibility index (Phi) is 9.95. The summed E-state index contributed by atoms with van der Waals surface area (Å²) in [6.07, 6.45) is 11.7. The number of nitrogens with zero attached hydrogens (tertiary/aromatic N) is 7. The highest BCUT2D eigenvalue weighted by Crippen LogP contribution is 2.39. The molecule has 2 saturated heterocycles. The van der Waals surface area contributed by atoms with Crippen LogP contribution in [0.15, 0.2) is 66.1 Å². The number of piperidine rings is 1. The van der Waals surface area contributed by atoms with Crippen molar-refractivity contribution in [2.45, 2.75) is 89.1 Å². The van der Waals surface area contributed by atoms with Gasteiger partial charge in [0.2, 0.25) is 11.8 Å². The van der Waals surface area contributed by atoms with E-state index in [1.165, 1.54) is 4.57 Å². The minimum absolute atomic E-state index is 0.188. The molecule has 8 rings (SSSR count). The van der Waals surface area contributed by atoms with E-state index in [-0.39, 0.29) is 47.0 Å². The first kappa shape index (κ1) is 35.9. The Labute approximate surface area is 313 Å². The zero-order chi connectivity index (χ0) is 37.5. The normalized spacial score (nSPS) is 24.8. The number of amides is 3. The Morgan fingerprint density at radius 1 is 1.02 bits per heavy atom. The Bertz CT molecular complexity index is 2080. The van der Waals surface area contributed by atoms with Crippen LogP contribution in [0.4, 0.5) is 15.9 Å². The average molecular weight is 739 g/mol. The molecular weight excluding hydrogens is 691 g/mol. The molecule has 1 N–H and O–H groups in total. The molecule has 2 aliphatic heterocycles. The highest BCUT2D eigenvalue weighted by molar-refractivity contribution is 6.08. The number of pyridine rings is 3. The summed E-state index contributed by atoms with van der Waals surface area (Å²) in [5.74, 6) is 0.602. The van der Waals surface area contributed by atoms with Gasteiger partial charge in [0.15, 0.2) is 0 Å². The number of imide groups is 1. The van der Waals surface area contributed by atoms with Gasteiger partial charge in [0.25, 0.3) is 11.5 Å². The molecule has 6 heterocycles. The first-order valence-corrected chi connectivity index (χ1v) is 19.2. The molecule has 4 aromatic heterocycles. The number of fused-ring (bicyclic) bond motifs is 1. The largest absolute Gasteiger partial charge is 0.490 e. The third kappa shape index (κ3) is 7.35. The minimum atomic E-state index is -1.06. The second-order valence-corrected chi connectivity index (χ2v) is 15.4. The molecule has 4 aromatic rings. The molecule has 0 spiro atoms. The van der Waals surface area contributed by atoms with E-state index < -0.39 is 12.2 Å². The van der Waals surface area contributed by atoms with Crippen LogP contribution in [0.2, 0.25) is 0 Å². The highest BCUT2D eigenvalue weighted by atomic mass is 19.1. The van der Waals surface area contributed by atoms with Gasteiger partial charge in [0, 0.05) is 88.7 Å². The summed E-state index contributed by atoms with van der Waals surface area (Å²) in [6, 6.07) is 8.39. The maximum absolute atomic E-state index is 14.7. The Balaban J connectivity index is 0.939. The highest BCUT2D eigenvalue weighted by Gasteiger charge is 2.41. The van der Waals surface area contributed by atoms with Gasteiger partial charge in [-0.05, 0) is 75.6 Å². The Morgan fingerprint density at radius 3 is 2.48 bits per heavy atom. The van der Waals surface area contributed by atoms with Crippen molar-refractivity contribution in [2.75, 3.05) is 42.5 Å². The number of anilines is 2. The van der Waals surface area contributed by atoms with Crippen LogP contribution in [0, 0.1) is 5.92 Å². The summed E-state index contributed by atoms with van der Waals surface area (Å²) >= 11 is 0. The third-order valence-corrected chi connectivity index (χ3v) is 11.4. The van der Waals surface area contributed by atoms with Crippen LogP contribution >= 0.6 is 0 Å². The van der Waals surface area contributed by atoms with E-state index in [0.717, 1.165) is 69.8 Å². The van der Waals surface area contributed by atoms with E-state index in [2.05, 4.69) is 25.1 Å². The van der Waals surface area contributed by atoms with Gasteiger partial charge in [-0.2, -0.15) is 0 Å². The van der Waals surface area contributed by atoms with Crippen LogP contribution < -0.4 is 25.4 Å². The number of aromatic nitrogens is 4. The first-order valence-electron chi connectivity index (χ1n) is 19.2. The summed E-state index contributed by atoms with van der Waals surface area (Å²) < 4.78 is 23.6. The Hall–Kier alpha value is -5.11. The fraction of sp³-hybridized carbons (Fsp3) is 0.500. The van der Waals surface area contributed by atoms with Crippen LogP contribution in [-0.4, -0.2) is 92.6 Å². The number of nitrogens with one attached hydrogen (secondary N) is 1. The maximum Gasteiger partial charge on any atom is 0.274 e. The van der Waals surface area contributed by atoms with Crippen LogP contribution in [-0.2, 0) is 9.59 Å². The molecule has 2 aliphatic carbocycles. The Morgan fingerprint density at radius 2 is 1.80 bits per heavy atom. The van der Waals surface area contributed by atoms with Gasteiger partial charge in [0.05, 0.1) is 23.6 Å². The van der Waals surface area contributed by atoms with Crippen LogP contribution in [0.3, 0.4) is 0 Å². The molecule has 2 saturated carbocycles. The zero-order valence-corrected chi connectivity index (χ0v) is 30.8. The fourth-order valence-corrected chi connectivity index (χ4v) is 8.35. The van der Waals surface area contributed by atoms with Crippen LogP contribution in [0.1, 0.15) is 86.7 Å². The molecule has 3 atom stereocenters. The van der Waals surface area contributed by atoms with Crippen LogP contribution in [0.5, 0.6) is 5.75 Å². The predicted molar refractivity (Wildman–Crippen MR) is 201 cm³/mol. The first-order chi connectivity index (χ1) is 26.1. The van der Waals surface area contributed by atoms with Crippen molar-refractivity contribution in [3.8, 4) is 5.75 Å². The van der Waals surface area contributed by atoms with Gasteiger partial charge in [0.1, 0.15) is 29.1 Å². The van der Waals surface area contributed by atoms with E-state index in [1.54, 1.807) is 58.5 Å². The molecule has 1 unspecified atom stereocenters. The van der Waals surface area contributed by atoms with E-state index >= 15 is 0 Å². The number of hydrogen-bond acceptors (Lipinski definition) is 9. The molecule has 14 heteroatoms. The number of alkyl halides is 1. The van der Waals surface area contributed by atoms with Gasteiger partial charge < -0.3 is 23.5 Å². The van der Waals surface area contributed by atoms with E-state index in [9.17, 15) is 23.6 Å². The maximum atomic E-state index is 14.7. The van der Waals surface area contributed by atoms with Gasteiger partial charge >= 0.3 is 0 Å². The quantitative estimate of drug-likeness (QED) is 0.234. The molecule has 54 heavy (non-hydrogen) atoms. The van der Waals surface area contributed by atoms with Gasteiger partial charge in [-0.1, -0.05) is 6.07 Å². The number of halogens is 1. The smallest absolute Gasteiger partial charge is 0.274 e. The third-order valence-electron chi connectivity index (χ3n) is 11.4. The van der Waals surface area contributed by atoms with Gasteiger partial charge in [-0.15, -0.1) is 0 Å². The van der Waals surface area contributed by atoms with E-state index in [0.29, 0.717) is 42.1 Å². The molecule has 0 aromatic carbocycles. The molecular formula is C40H47FN8O5. The lowest BCUT2D eigenvalue weighted by molar-refractivity contribution is -0.134. The summed E-state index contributed by atoms with van der Waals surface area (Å²) in [7, 11) is 0. The van der Waals surface area contributed by atoms with Crippen molar-refractivity contribution in [3.05, 3.63) is 82.8 Å².